The first-order valence-corrected chi connectivity index (χ1v) is 8.79. The van der Waals surface area contributed by atoms with E-state index in [-0.39, 0.29) is 12.7 Å². The Labute approximate surface area is 157 Å². The fourth-order valence-corrected chi connectivity index (χ4v) is 2.87. The number of carbonyl (C=O) groups excluding carboxylic acids is 1. The van der Waals surface area contributed by atoms with Gasteiger partial charge in [0.1, 0.15) is 12.4 Å². The molecule has 0 fully saturated rings. The smallest absolute Gasteiger partial charge is 0.231 e. The number of ether oxygens (including phenoxy) is 3. The molecule has 0 saturated carbocycles. The first-order valence-electron chi connectivity index (χ1n) is 8.79. The fraction of sp³-hybridized carbons (Fsp3) is 0.190. The maximum atomic E-state index is 12.1. The highest BCUT2D eigenvalue weighted by molar-refractivity contribution is 5.78. The van der Waals surface area contributed by atoms with Gasteiger partial charge in [0, 0.05) is 24.1 Å². The molecule has 0 unspecified atom stereocenters. The summed E-state index contributed by atoms with van der Waals surface area (Å²) in [5.41, 5.74) is 2.04. The van der Waals surface area contributed by atoms with Crippen molar-refractivity contribution in [3.8, 4) is 22.9 Å². The molecule has 1 aliphatic rings. The average molecular weight is 364 g/mol. The molecule has 0 saturated heterocycles. The molecule has 1 amide bonds. The SMILES string of the molecule is O=C(Cc1ccc(-n2cccc2)cc1)NCCOc1ccc2c(c1)OCO2. The third kappa shape index (κ3) is 4.23. The van der Waals surface area contributed by atoms with E-state index < -0.39 is 0 Å². The van der Waals surface area contributed by atoms with Gasteiger partial charge in [-0.15, -0.1) is 0 Å². The van der Waals surface area contributed by atoms with Crippen molar-refractivity contribution in [2.24, 2.45) is 0 Å². The lowest BCUT2D eigenvalue weighted by atomic mass is 10.1. The highest BCUT2D eigenvalue weighted by Crippen LogP contribution is 2.34. The van der Waals surface area contributed by atoms with Crippen LogP contribution in [0.5, 0.6) is 17.2 Å². The molecule has 1 aromatic heterocycles. The van der Waals surface area contributed by atoms with E-state index in [1.165, 1.54) is 0 Å². The minimum atomic E-state index is -0.0296. The summed E-state index contributed by atoms with van der Waals surface area (Å²) in [4.78, 5) is 12.1. The van der Waals surface area contributed by atoms with Crippen LogP contribution >= 0.6 is 0 Å². The van der Waals surface area contributed by atoms with E-state index in [9.17, 15) is 4.79 Å². The topological polar surface area (TPSA) is 61.7 Å². The molecule has 1 aliphatic heterocycles. The van der Waals surface area contributed by atoms with E-state index in [1.54, 1.807) is 6.07 Å². The van der Waals surface area contributed by atoms with E-state index in [2.05, 4.69) is 5.32 Å². The van der Waals surface area contributed by atoms with E-state index in [0.29, 0.717) is 31.1 Å². The number of nitrogens with zero attached hydrogens (tertiary/aromatic N) is 1. The molecule has 0 radical (unpaired) electrons. The van der Waals surface area contributed by atoms with Crippen LogP contribution in [0, 0.1) is 0 Å². The van der Waals surface area contributed by atoms with E-state index in [4.69, 9.17) is 14.2 Å². The molecule has 138 valence electrons. The Hall–Kier alpha value is -3.41. The lowest BCUT2D eigenvalue weighted by molar-refractivity contribution is -0.120. The molecule has 6 nitrogen and oxygen atoms in total. The quantitative estimate of drug-likeness (QED) is 0.655. The lowest BCUT2D eigenvalue weighted by Crippen LogP contribution is -2.29. The van der Waals surface area contributed by atoms with Crippen LogP contribution in [0.15, 0.2) is 67.0 Å². The van der Waals surface area contributed by atoms with Crippen LogP contribution in [0.3, 0.4) is 0 Å². The Morgan fingerprint density at radius 2 is 1.81 bits per heavy atom. The molecule has 4 rings (SSSR count). The van der Waals surface area contributed by atoms with Gasteiger partial charge in [-0.3, -0.25) is 4.79 Å². The Balaban J connectivity index is 1.20. The summed E-state index contributed by atoms with van der Waals surface area (Å²) in [6, 6.07) is 17.3. The van der Waals surface area contributed by atoms with Gasteiger partial charge >= 0.3 is 0 Å². The zero-order valence-electron chi connectivity index (χ0n) is 14.8. The van der Waals surface area contributed by atoms with Gasteiger partial charge in [-0.05, 0) is 42.0 Å². The average Bonchev–Trinajstić information content (AvgIpc) is 3.37. The molecule has 0 atom stereocenters. The molecule has 0 spiro atoms. The number of nitrogens with one attached hydrogen (secondary N) is 1. The molecule has 2 heterocycles. The molecular weight excluding hydrogens is 344 g/mol. The summed E-state index contributed by atoms with van der Waals surface area (Å²) in [7, 11) is 0. The van der Waals surface area contributed by atoms with Gasteiger partial charge in [0.25, 0.3) is 0 Å². The Bertz CT molecular complexity index is 904. The second-order valence-electron chi connectivity index (χ2n) is 6.15. The van der Waals surface area contributed by atoms with Crippen molar-refractivity contribution < 1.29 is 19.0 Å². The molecule has 1 N–H and O–H groups in total. The van der Waals surface area contributed by atoms with Crippen LogP contribution in [-0.2, 0) is 11.2 Å². The normalized spacial score (nSPS) is 12.0. The number of hydrogen-bond donors (Lipinski definition) is 1. The number of benzene rings is 2. The van der Waals surface area contributed by atoms with Gasteiger partial charge in [0.05, 0.1) is 13.0 Å². The number of carbonyl (C=O) groups is 1. The predicted molar refractivity (Wildman–Crippen MR) is 101 cm³/mol. The molecule has 0 aliphatic carbocycles. The Kier molecular flexibility index (Phi) is 4.96. The zero-order chi connectivity index (χ0) is 18.5. The number of amides is 1. The van der Waals surface area contributed by atoms with Crippen LogP contribution in [-0.4, -0.2) is 30.4 Å². The minimum absolute atomic E-state index is 0.0296. The molecular formula is C21H20N2O4. The number of fused-ring (bicyclic) bond motifs is 1. The van der Waals surface area contributed by atoms with Crippen molar-refractivity contribution in [2.45, 2.75) is 6.42 Å². The Morgan fingerprint density at radius 3 is 2.63 bits per heavy atom. The highest BCUT2D eigenvalue weighted by atomic mass is 16.7. The Morgan fingerprint density at radius 1 is 1.04 bits per heavy atom. The summed E-state index contributed by atoms with van der Waals surface area (Å²) in [5, 5.41) is 2.87. The fourth-order valence-electron chi connectivity index (χ4n) is 2.87. The summed E-state index contributed by atoms with van der Waals surface area (Å²) < 4.78 is 18.2. The number of aromatic nitrogens is 1. The standard InChI is InChI=1S/C21H20N2O4/c24-21(13-16-3-5-17(6-4-16)23-10-1-2-11-23)22-9-12-25-18-7-8-19-20(14-18)27-15-26-19/h1-8,10-11,14H,9,12-13,15H2,(H,22,24). The van der Waals surface area contributed by atoms with Crippen LogP contribution in [0.4, 0.5) is 0 Å². The zero-order valence-corrected chi connectivity index (χ0v) is 14.8. The summed E-state index contributed by atoms with van der Waals surface area (Å²) in [6.45, 7) is 1.06. The molecule has 3 aromatic rings. The van der Waals surface area contributed by atoms with Gasteiger partial charge in [0.2, 0.25) is 12.7 Å². The van der Waals surface area contributed by atoms with Crippen LogP contribution in [0.2, 0.25) is 0 Å². The van der Waals surface area contributed by atoms with Gasteiger partial charge in [-0.2, -0.15) is 0 Å². The number of rotatable bonds is 7. The summed E-state index contributed by atoms with van der Waals surface area (Å²) in [6.07, 6.45) is 4.32. The maximum Gasteiger partial charge on any atom is 0.231 e. The summed E-state index contributed by atoms with van der Waals surface area (Å²) >= 11 is 0. The maximum absolute atomic E-state index is 12.1. The van der Waals surface area contributed by atoms with Crippen LogP contribution in [0.1, 0.15) is 5.56 Å². The van der Waals surface area contributed by atoms with Crippen LogP contribution < -0.4 is 19.5 Å². The van der Waals surface area contributed by atoms with Gasteiger partial charge in [-0.1, -0.05) is 12.1 Å². The third-order valence-electron chi connectivity index (χ3n) is 4.24. The largest absolute Gasteiger partial charge is 0.492 e. The first kappa shape index (κ1) is 17.0. The van der Waals surface area contributed by atoms with Crippen molar-refractivity contribution in [3.05, 3.63) is 72.6 Å². The minimum Gasteiger partial charge on any atom is -0.492 e. The van der Waals surface area contributed by atoms with E-state index in [1.807, 2.05) is 65.5 Å². The van der Waals surface area contributed by atoms with E-state index >= 15 is 0 Å². The molecule has 6 heteroatoms. The first-order chi connectivity index (χ1) is 13.3. The molecule has 2 aromatic carbocycles. The van der Waals surface area contributed by atoms with Gasteiger partial charge < -0.3 is 24.1 Å². The molecule has 27 heavy (non-hydrogen) atoms. The monoisotopic (exact) mass is 364 g/mol. The second-order valence-corrected chi connectivity index (χ2v) is 6.15. The molecule has 0 bridgehead atoms. The van der Waals surface area contributed by atoms with Crippen molar-refractivity contribution in [1.29, 1.82) is 0 Å². The van der Waals surface area contributed by atoms with Crippen LogP contribution in [0.25, 0.3) is 5.69 Å². The van der Waals surface area contributed by atoms with Crippen molar-refractivity contribution in [1.82, 2.24) is 9.88 Å². The van der Waals surface area contributed by atoms with Gasteiger partial charge in [-0.25, -0.2) is 0 Å². The van der Waals surface area contributed by atoms with Crippen molar-refractivity contribution in [3.63, 3.8) is 0 Å². The second kappa shape index (κ2) is 7.86. The van der Waals surface area contributed by atoms with E-state index in [0.717, 1.165) is 17.0 Å². The summed E-state index contributed by atoms with van der Waals surface area (Å²) in [5.74, 6) is 2.06. The number of hydrogen-bond acceptors (Lipinski definition) is 4. The lowest BCUT2D eigenvalue weighted by Gasteiger charge is -2.09. The van der Waals surface area contributed by atoms with Crippen molar-refractivity contribution >= 4 is 5.91 Å². The van der Waals surface area contributed by atoms with Crippen molar-refractivity contribution in [2.75, 3.05) is 19.9 Å². The third-order valence-corrected chi connectivity index (χ3v) is 4.24. The predicted octanol–water partition coefficient (Wildman–Crippen LogP) is 2.94. The highest BCUT2D eigenvalue weighted by Gasteiger charge is 2.13. The van der Waals surface area contributed by atoms with Gasteiger partial charge in [0.15, 0.2) is 11.5 Å².